The highest BCUT2D eigenvalue weighted by atomic mass is 35.5. The Morgan fingerprint density at radius 3 is 2.84 bits per heavy atom. The number of aromatic nitrogens is 1. The number of nitrogens with zero attached hydrogens (tertiary/aromatic N) is 1. The number of nitrogens with one attached hydrogen (secondary N) is 1. The van der Waals surface area contributed by atoms with E-state index >= 15 is 0 Å². The van der Waals surface area contributed by atoms with Crippen molar-refractivity contribution in [2.75, 3.05) is 5.32 Å². The first kappa shape index (κ1) is 13.1. The van der Waals surface area contributed by atoms with Crippen molar-refractivity contribution in [3.05, 3.63) is 58.4 Å². The van der Waals surface area contributed by atoms with Gasteiger partial charge in [0.1, 0.15) is 5.15 Å². The molecule has 4 heteroatoms. The van der Waals surface area contributed by atoms with Crippen LogP contribution < -0.4 is 5.32 Å². The Balaban J connectivity index is 2.23. The second-order valence-electron chi connectivity index (χ2n) is 4.00. The molecule has 1 aromatic heterocycles. The molecule has 0 unspecified atom stereocenters. The number of hydrogen-bond donors (Lipinski definition) is 1. The normalized spacial score (nSPS) is 9.74. The third-order valence-electron chi connectivity index (χ3n) is 2.47. The van der Waals surface area contributed by atoms with Gasteiger partial charge in [-0.05, 0) is 37.3 Å². The molecule has 0 radical (unpaired) electrons. The third-order valence-corrected chi connectivity index (χ3v) is 2.67. The minimum Gasteiger partial charge on any atom is -0.322 e. The van der Waals surface area contributed by atoms with E-state index < -0.39 is 0 Å². The maximum absolute atomic E-state index is 12.1. The Bertz CT molecular complexity index is 654. The fourth-order valence-electron chi connectivity index (χ4n) is 1.65. The molecule has 0 aliphatic carbocycles. The summed E-state index contributed by atoms with van der Waals surface area (Å²) in [6, 6.07) is 10.3. The third kappa shape index (κ3) is 3.34. The summed E-state index contributed by atoms with van der Waals surface area (Å²) in [7, 11) is 0. The van der Waals surface area contributed by atoms with Gasteiger partial charge in [0.15, 0.2) is 0 Å². The van der Waals surface area contributed by atoms with E-state index in [2.05, 4.69) is 16.2 Å². The van der Waals surface area contributed by atoms with Gasteiger partial charge in [0, 0.05) is 22.5 Å². The predicted molar refractivity (Wildman–Crippen MR) is 76.3 cm³/mol. The summed E-state index contributed by atoms with van der Waals surface area (Å²) in [6.45, 7) is 1.78. The molecule has 0 bridgehead atoms. The molecule has 0 fully saturated rings. The molecule has 1 heterocycles. The molecule has 3 nitrogen and oxygen atoms in total. The molecule has 2 rings (SSSR count). The van der Waals surface area contributed by atoms with E-state index in [9.17, 15) is 4.79 Å². The summed E-state index contributed by atoms with van der Waals surface area (Å²) < 4.78 is 0. The van der Waals surface area contributed by atoms with Gasteiger partial charge in [0.25, 0.3) is 5.91 Å². The standard InChI is InChI=1S/C15H11ClN2O/c1-3-11-5-4-6-13(8-11)18-15(19)12-7-10(2)17-14(16)9-12/h1,4-9H,2H3,(H,18,19). The fraction of sp³-hybridized carbons (Fsp3) is 0.0667. The summed E-state index contributed by atoms with van der Waals surface area (Å²) >= 11 is 5.83. The molecule has 19 heavy (non-hydrogen) atoms. The first-order valence-corrected chi connectivity index (χ1v) is 5.98. The molecule has 0 atom stereocenters. The highest BCUT2D eigenvalue weighted by Crippen LogP contribution is 2.14. The maximum atomic E-state index is 12.1. The van der Waals surface area contributed by atoms with Crippen LogP contribution in [-0.4, -0.2) is 10.9 Å². The molecule has 0 aliphatic rings. The Morgan fingerprint density at radius 2 is 2.16 bits per heavy atom. The van der Waals surface area contributed by atoms with E-state index in [0.717, 1.165) is 0 Å². The lowest BCUT2D eigenvalue weighted by atomic mass is 10.2. The van der Waals surface area contributed by atoms with Crippen LogP contribution in [0, 0.1) is 19.3 Å². The molecule has 0 saturated carbocycles. The van der Waals surface area contributed by atoms with E-state index in [0.29, 0.717) is 27.7 Å². The Kier molecular flexibility index (Phi) is 3.84. The summed E-state index contributed by atoms with van der Waals surface area (Å²) in [4.78, 5) is 16.1. The van der Waals surface area contributed by atoms with Crippen LogP contribution in [0.3, 0.4) is 0 Å². The first-order chi connectivity index (χ1) is 9.08. The Morgan fingerprint density at radius 1 is 1.37 bits per heavy atom. The van der Waals surface area contributed by atoms with Gasteiger partial charge in [0.05, 0.1) is 0 Å². The Labute approximate surface area is 116 Å². The molecule has 94 valence electrons. The van der Waals surface area contributed by atoms with Crippen LogP contribution in [0.4, 0.5) is 5.69 Å². The zero-order chi connectivity index (χ0) is 13.8. The second-order valence-corrected chi connectivity index (χ2v) is 4.39. The molecular formula is C15H11ClN2O. The quantitative estimate of drug-likeness (QED) is 0.672. The lowest BCUT2D eigenvalue weighted by Crippen LogP contribution is -2.12. The molecule has 2 aromatic rings. The molecule has 1 N–H and O–H groups in total. The van der Waals surface area contributed by atoms with Gasteiger partial charge in [-0.25, -0.2) is 4.98 Å². The van der Waals surface area contributed by atoms with E-state index in [-0.39, 0.29) is 5.91 Å². The van der Waals surface area contributed by atoms with Crippen molar-refractivity contribution in [3.8, 4) is 12.3 Å². The minimum absolute atomic E-state index is 0.249. The monoisotopic (exact) mass is 270 g/mol. The SMILES string of the molecule is C#Cc1cccc(NC(=O)c2cc(C)nc(Cl)c2)c1. The lowest BCUT2D eigenvalue weighted by Gasteiger charge is -2.06. The van der Waals surface area contributed by atoms with Gasteiger partial charge in [-0.2, -0.15) is 0 Å². The highest BCUT2D eigenvalue weighted by Gasteiger charge is 2.08. The van der Waals surface area contributed by atoms with Crippen LogP contribution in [0.5, 0.6) is 0 Å². The molecule has 1 amide bonds. The van der Waals surface area contributed by atoms with Crippen LogP contribution in [0.1, 0.15) is 21.6 Å². The Hall–Kier alpha value is -2.31. The largest absolute Gasteiger partial charge is 0.322 e. The van der Waals surface area contributed by atoms with E-state index in [4.69, 9.17) is 18.0 Å². The number of halogens is 1. The average Bonchev–Trinajstić information content (AvgIpc) is 2.37. The minimum atomic E-state index is -0.249. The number of carbonyl (C=O) groups is 1. The summed E-state index contributed by atoms with van der Waals surface area (Å²) in [5.74, 6) is 2.27. The van der Waals surface area contributed by atoms with Gasteiger partial charge in [-0.1, -0.05) is 23.6 Å². The van der Waals surface area contributed by atoms with Crippen LogP contribution >= 0.6 is 11.6 Å². The number of aryl methyl sites for hydroxylation is 1. The van der Waals surface area contributed by atoms with Gasteiger partial charge < -0.3 is 5.32 Å². The van der Waals surface area contributed by atoms with Crippen molar-refractivity contribution >= 4 is 23.2 Å². The zero-order valence-corrected chi connectivity index (χ0v) is 11.0. The first-order valence-electron chi connectivity index (χ1n) is 5.61. The maximum Gasteiger partial charge on any atom is 0.255 e. The van der Waals surface area contributed by atoms with E-state index in [1.807, 2.05) is 0 Å². The fourth-order valence-corrected chi connectivity index (χ4v) is 1.90. The van der Waals surface area contributed by atoms with Crippen molar-refractivity contribution in [2.45, 2.75) is 6.92 Å². The van der Waals surface area contributed by atoms with Gasteiger partial charge in [-0.15, -0.1) is 6.42 Å². The van der Waals surface area contributed by atoms with Crippen LogP contribution in [-0.2, 0) is 0 Å². The average molecular weight is 271 g/mol. The van der Waals surface area contributed by atoms with Crippen molar-refractivity contribution in [3.63, 3.8) is 0 Å². The number of anilines is 1. The lowest BCUT2D eigenvalue weighted by molar-refractivity contribution is 0.102. The van der Waals surface area contributed by atoms with Crippen LogP contribution in [0.2, 0.25) is 5.15 Å². The number of hydrogen-bond acceptors (Lipinski definition) is 2. The molecule has 0 aliphatic heterocycles. The molecule has 0 spiro atoms. The number of amides is 1. The van der Waals surface area contributed by atoms with Crippen LogP contribution in [0.15, 0.2) is 36.4 Å². The second kappa shape index (κ2) is 5.55. The predicted octanol–water partition coefficient (Wildman–Crippen LogP) is 3.28. The van der Waals surface area contributed by atoms with Crippen molar-refractivity contribution in [2.24, 2.45) is 0 Å². The smallest absolute Gasteiger partial charge is 0.255 e. The molecule has 1 aromatic carbocycles. The van der Waals surface area contributed by atoms with Gasteiger partial charge >= 0.3 is 0 Å². The zero-order valence-electron chi connectivity index (χ0n) is 10.3. The highest BCUT2D eigenvalue weighted by molar-refractivity contribution is 6.29. The van der Waals surface area contributed by atoms with E-state index in [1.54, 1.807) is 37.3 Å². The van der Waals surface area contributed by atoms with Crippen molar-refractivity contribution in [1.82, 2.24) is 4.98 Å². The van der Waals surface area contributed by atoms with Gasteiger partial charge in [0.2, 0.25) is 0 Å². The summed E-state index contributed by atoms with van der Waals surface area (Å²) in [6.07, 6.45) is 5.31. The number of carbonyl (C=O) groups excluding carboxylic acids is 1. The van der Waals surface area contributed by atoms with Crippen molar-refractivity contribution < 1.29 is 4.79 Å². The number of pyridine rings is 1. The summed E-state index contributed by atoms with van der Waals surface area (Å²) in [5, 5.41) is 3.06. The van der Waals surface area contributed by atoms with Gasteiger partial charge in [-0.3, -0.25) is 4.79 Å². The summed E-state index contributed by atoms with van der Waals surface area (Å²) in [5.41, 5.74) is 2.51. The van der Waals surface area contributed by atoms with Crippen molar-refractivity contribution in [1.29, 1.82) is 0 Å². The number of rotatable bonds is 2. The number of terminal acetylenes is 1. The number of benzene rings is 1. The van der Waals surface area contributed by atoms with E-state index in [1.165, 1.54) is 6.07 Å². The molecular weight excluding hydrogens is 260 g/mol. The topological polar surface area (TPSA) is 42.0 Å². The van der Waals surface area contributed by atoms with Crippen LogP contribution in [0.25, 0.3) is 0 Å². The molecule has 0 saturated heterocycles.